The Morgan fingerprint density at radius 1 is 1.62 bits per heavy atom. The van der Waals surface area contributed by atoms with Crippen LogP contribution >= 0.6 is 15.9 Å². The zero-order valence-corrected chi connectivity index (χ0v) is 8.88. The van der Waals surface area contributed by atoms with E-state index in [0.29, 0.717) is 0 Å². The first-order valence-corrected chi connectivity index (χ1v) is 4.97. The Bertz CT molecular complexity index is 300. The summed E-state index contributed by atoms with van der Waals surface area (Å²) < 4.78 is 6.03. The van der Waals surface area contributed by atoms with Gasteiger partial charge < -0.3 is 10.2 Å². The summed E-state index contributed by atoms with van der Waals surface area (Å²) in [6.07, 6.45) is 7.71. The first-order chi connectivity index (χ1) is 6.24. The van der Waals surface area contributed by atoms with Crippen molar-refractivity contribution >= 4 is 15.9 Å². The molecule has 1 rings (SSSR count). The van der Waals surface area contributed by atoms with E-state index < -0.39 is 0 Å². The molecule has 0 amide bonds. The lowest BCUT2D eigenvalue weighted by atomic mass is 10.1. The van der Waals surface area contributed by atoms with Crippen molar-refractivity contribution < 1.29 is 4.42 Å². The number of unbranched alkanes of at least 4 members (excludes halogenated alkanes) is 1. The maximum absolute atomic E-state index is 5.87. The number of rotatable bonds is 4. The second-order valence-electron chi connectivity index (χ2n) is 2.84. The third-order valence-corrected chi connectivity index (χ3v) is 2.22. The van der Waals surface area contributed by atoms with Crippen molar-refractivity contribution in [2.24, 2.45) is 5.73 Å². The summed E-state index contributed by atoms with van der Waals surface area (Å²) >= 11 is 3.23. The summed E-state index contributed by atoms with van der Waals surface area (Å²) in [5.74, 6) is 3.39. The molecule has 3 heteroatoms. The predicted octanol–water partition coefficient (Wildman–Crippen LogP) is 2.85. The van der Waals surface area contributed by atoms with Crippen LogP contribution < -0.4 is 5.73 Å². The molecule has 1 aromatic heterocycles. The van der Waals surface area contributed by atoms with Crippen molar-refractivity contribution in [3.8, 4) is 12.3 Å². The van der Waals surface area contributed by atoms with E-state index in [2.05, 4.69) is 21.9 Å². The molecule has 0 aliphatic heterocycles. The normalized spacial score (nSPS) is 12.4. The lowest BCUT2D eigenvalue weighted by Gasteiger charge is -2.06. The zero-order chi connectivity index (χ0) is 9.68. The molecule has 0 bridgehead atoms. The first-order valence-electron chi connectivity index (χ1n) is 4.18. The fraction of sp³-hybridized carbons (Fsp3) is 0.400. The SMILES string of the molecule is C#CCCCC(N)c1ccc(Br)o1. The maximum atomic E-state index is 5.87. The highest BCUT2D eigenvalue weighted by molar-refractivity contribution is 9.10. The van der Waals surface area contributed by atoms with Crippen LogP contribution in [0.2, 0.25) is 0 Å². The van der Waals surface area contributed by atoms with Gasteiger partial charge in [-0.2, -0.15) is 0 Å². The van der Waals surface area contributed by atoms with E-state index in [1.54, 1.807) is 0 Å². The van der Waals surface area contributed by atoms with Crippen molar-refractivity contribution in [3.63, 3.8) is 0 Å². The van der Waals surface area contributed by atoms with Crippen molar-refractivity contribution in [3.05, 3.63) is 22.6 Å². The Morgan fingerprint density at radius 3 is 2.92 bits per heavy atom. The molecule has 0 aliphatic carbocycles. The van der Waals surface area contributed by atoms with Crippen LogP contribution in [0, 0.1) is 12.3 Å². The standard InChI is InChI=1S/C10H12BrNO/c1-2-3-4-5-8(12)9-6-7-10(11)13-9/h1,6-8H,3-5,12H2. The Morgan fingerprint density at radius 2 is 2.38 bits per heavy atom. The second-order valence-corrected chi connectivity index (χ2v) is 3.63. The highest BCUT2D eigenvalue weighted by atomic mass is 79.9. The predicted molar refractivity (Wildman–Crippen MR) is 56.0 cm³/mol. The van der Waals surface area contributed by atoms with Crippen molar-refractivity contribution in [2.45, 2.75) is 25.3 Å². The minimum Gasteiger partial charge on any atom is -0.453 e. The minimum absolute atomic E-state index is 0.0420. The molecule has 2 nitrogen and oxygen atoms in total. The van der Waals surface area contributed by atoms with E-state index in [9.17, 15) is 0 Å². The Hall–Kier alpha value is -0.720. The summed E-state index contributed by atoms with van der Waals surface area (Å²) in [6.45, 7) is 0. The first kappa shape index (κ1) is 10.4. The molecule has 1 unspecified atom stereocenters. The van der Waals surface area contributed by atoms with Gasteiger partial charge in [0.2, 0.25) is 0 Å². The Labute approximate surface area is 86.6 Å². The third-order valence-electron chi connectivity index (χ3n) is 1.80. The molecule has 0 fully saturated rings. The smallest absolute Gasteiger partial charge is 0.169 e. The number of terminal acetylenes is 1. The molecule has 0 spiro atoms. The average molecular weight is 242 g/mol. The van der Waals surface area contributed by atoms with Gasteiger partial charge in [-0.15, -0.1) is 12.3 Å². The second kappa shape index (κ2) is 5.11. The van der Waals surface area contributed by atoms with Crippen LogP contribution in [0.25, 0.3) is 0 Å². The number of nitrogens with two attached hydrogens (primary N) is 1. The summed E-state index contributed by atoms with van der Waals surface area (Å²) in [5.41, 5.74) is 5.87. The maximum Gasteiger partial charge on any atom is 0.169 e. The van der Waals surface area contributed by atoms with E-state index in [4.69, 9.17) is 16.6 Å². The van der Waals surface area contributed by atoms with Gasteiger partial charge in [0.05, 0.1) is 6.04 Å². The van der Waals surface area contributed by atoms with Crippen LogP contribution in [-0.2, 0) is 0 Å². The number of hydrogen-bond donors (Lipinski definition) is 1. The highest BCUT2D eigenvalue weighted by Crippen LogP contribution is 2.22. The molecule has 13 heavy (non-hydrogen) atoms. The molecule has 0 radical (unpaired) electrons. The number of halogens is 1. The molecule has 0 aliphatic rings. The molecule has 1 aromatic rings. The Kier molecular flexibility index (Phi) is 4.07. The molecule has 0 saturated heterocycles. The van der Waals surface area contributed by atoms with Crippen LogP contribution in [0.4, 0.5) is 0 Å². The van der Waals surface area contributed by atoms with Crippen molar-refractivity contribution in [2.75, 3.05) is 0 Å². The van der Waals surface area contributed by atoms with Crippen LogP contribution in [0.1, 0.15) is 31.1 Å². The van der Waals surface area contributed by atoms with Gasteiger partial charge in [-0.3, -0.25) is 0 Å². The third kappa shape index (κ3) is 3.25. The molecular formula is C10H12BrNO. The topological polar surface area (TPSA) is 39.2 Å². The average Bonchev–Trinajstić information content (AvgIpc) is 2.52. The van der Waals surface area contributed by atoms with Crippen LogP contribution in [0.5, 0.6) is 0 Å². The lowest BCUT2D eigenvalue weighted by Crippen LogP contribution is -2.08. The van der Waals surface area contributed by atoms with E-state index in [1.165, 1.54) is 0 Å². The van der Waals surface area contributed by atoms with Crippen LogP contribution in [0.15, 0.2) is 21.2 Å². The minimum atomic E-state index is -0.0420. The molecule has 0 aromatic carbocycles. The van der Waals surface area contributed by atoms with E-state index in [0.717, 1.165) is 29.7 Å². The fourth-order valence-electron chi connectivity index (χ4n) is 1.09. The molecular weight excluding hydrogens is 230 g/mol. The molecule has 0 saturated carbocycles. The summed E-state index contributed by atoms with van der Waals surface area (Å²) in [4.78, 5) is 0. The van der Waals surface area contributed by atoms with Gasteiger partial charge in [-0.25, -0.2) is 0 Å². The largest absolute Gasteiger partial charge is 0.453 e. The van der Waals surface area contributed by atoms with Gasteiger partial charge in [0, 0.05) is 6.42 Å². The summed E-state index contributed by atoms with van der Waals surface area (Å²) in [7, 11) is 0. The Balaban J connectivity index is 2.40. The quantitative estimate of drug-likeness (QED) is 0.651. The fourth-order valence-corrected chi connectivity index (χ4v) is 1.41. The van der Waals surface area contributed by atoms with Gasteiger partial charge >= 0.3 is 0 Å². The molecule has 70 valence electrons. The number of hydrogen-bond acceptors (Lipinski definition) is 2. The van der Waals surface area contributed by atoms with Gasteiger partial charge in [0.15, 0.2) is 4.67 Å². The van der Waals surface area contributed by atoms with E-state index in [1.807, 2.05) is 12.1 Å². The molecule has 1 atom stereocenters. The van der Waals surface area contributed by atoms with Gasteiger partial charge in [0.1, 0.15) is 5.76 Å². The van der Waals surface area contributed by atoms with Crippen LogP contribution in [-0.4, -0.2) is 0 Å². The summed E-state index contributed by atoms with van der Waals surface area (Å²) in [5, 5.41) is 0. The molecule has 1 heterocycles. The van der Waals surface area contributed by atoms with Crippen molar-refractivity contribution in [1.82, 2.24) is 0 Å². The zero-order valence-electron chi connectivity index (χ0n) is 7.29. The van der Waals surface area contributed by atoms with Gasteiger partial charge in [0.25, 0.3) is 0 Å². The monoisotopic (exact) mass is 241 g/mol. The van der Waals surface area contributed by atoms with Crippen molar-refractivity contribution in [1.29, 1.82) is 0 Å². The molecule has 2 N–H and O–H groups in total. The lowest BCUT2D eigenvalue weighted by molar-refractivity contribution is 0.433. The van der Waals surface area contributed by atoms with Crippen LogP contribution in [0.3, 0.4) is 0 Å². The van der Waals surface area contributed by atoms with Gasteiger partial charge in [-0.05, 0) is 40.9 Å². The highest BCUT2D eigenvalue weighted by Gasteiger charge is 2.09. The van der Waals surface area contributed by atoms with E-state index in [-0.39, 0.29) is 6.04 Å². The van der Waals surface area contributed by atoms with E-state index >= 15 is 0 Å². The summed E-state index contributed by atoms with van der Waals surface area (Å²) in [6, 6.07) is 3.68. The van der Waals surface area contributed by atoms with Gasteiger partial charge in [-0.1, -0.05) is 0 Å². The number of furan rings is 1.